The van der Waals surface area contributed by atoms with Gasteiger partial charge in [0.15, 0.2) is 0 Å². The van der Waals surface area contributed by atoms with Crippen LogP contribution >= 0.6 is 24.0 Å². The van der Waals surface area contributed by atoms with Crippen LogP contribution in [-0.4, -0.2) is 31.6 Å². The molecule has 0 bridgehead atoms. The van der Waals surface area contributed by atoms with Crippen molar-refractivity contribution in [1.82, 2.24) is 0 Å². The van der Waals surface area contributed by atoms with Gasteiger partial charge in [-0.15, -0.1) is 12.4 Å². The summed E-state index contributed by atoms with van der Waals surface area (Å²) in [7, 11) is 0. The number of nitrogens with two attached hydrogens (primary N) is 1. The van der Waals surface area contributed by atoms with E-state index in [1.807, 2.05) is 0 Å². The van der Waals surface area contributed by atoms with Crippen LogP contribution in [0.5, 0.6) is 0 Å². The highest BCUT2D eigenvalue weighted by Crippen LogP contribution is 2.33. The molecule has 0 atom stereocenters. The minimum Gasteiger partial charge on any atom is -0.381 e. The molecule has 6 nitrogen and oxygen atoms in total. The highest BCUT2D eigenvalue weighted by Gasteiger charge is 2.38. The fourth-order valence-corrected chi connectivity index (χ4v) is 2.67. The zero-order valence-electron chi connectivity index (χ0n) is 12.9. The Morgan fingerprint density at radius 3 is 2.48 bits per heavy atom. The Labute approximate surface area is 146 Å². The Balaban J connectivity index is 0.00000264. The van der Waals surface area contributed by atoms with E-state index in [0.29, 0.717) is 42.5 Å². The van der Waals surface area contributed by atoms with Crippen molar-refractivity contribution in [2.45, 2.75) is 19.8 Å². The Morgan fingerprint density at radius 2 is 1.96 bits per heavy atom. The number of anilines is 2. The van der Waals surface area contributed by atoms with Gasteiger partial charge in [-0.2, -0.15) is 0 Å². The van der Waals surface area contributed by atoms with Gasteiger partial charge >= 0.3 is 0 Å². The van der Waals surface area contributed by atoms with Crippen LogP contribution in [0, 0.1) is 5.41 Å². The van der Waals surface area contributed by atoms with Crippen molar-refractivity contribution in [3.05, 3.63) is 23.2 Å². The SMILES string of the molecule is CC(=O)Nc1ccc(NC(=O)C2(CN)CCOCC2)c(Cl)c1.Cl. The lowest BCUT2D eigenvalue weighted by atomic mass is 9.79. The van der Waals surface area contributed by atoms with Gasteiger partial charge in [0.2, 0.25) is 11.8 Å². The molecule has 1 aromatic rings. The van der Waals surface area contributed by atoms with Crippen LogP contribution < -0.4 is 16.4 Å². The zero-order valence-corrected chi connectivity index (χ0v) is 14.4. The number of hydrogen-bond donors (Lipinski definition) is 3. The number of rotatable bonds is 4. The first-order valence-electron chi connectivity index (χ1n) is 7.13. The summed E-state index contributed by atoms with van der Waals surface area (Å²) >= 11 is 6.16. The van der Waals surface area contributed by atoms with E-state index in [9.17, 15) is 9.59 Å². The van der Waals surface area contributed by atoms with Crippen LogP contribution in [-0.2, 0) is 14.3 Å². The maximum atomic E-state index is 12.6. The molecule has 128 valence electrons. The molecule has 4 N–H and O–H groups in total. The summed E-state index contributed by atoms with van der Waals surface area (Å²) < 4.78 is 5.30. The minimum absolute atomic E-state index is 0. The van der Waals surface area contributed by atoms with Gasteiger partial charge in [-0.25, -0.2) is 0 Å². The molecular formula is C15H21Cl2N3O3. The second-order valence-corrected chi connectivity index (χ2v) is 5.83. The van der Waals surface area contributed by atoms with E-state index in [0.717, 1.165) is 0 Å². The quantitative estimate of drug-likeness (QED) is 0.767. The first-order chi connectivity index (χ1) is 10.5. The van der Waals surface area contributed by atoms with Gasteiger partial charge in [0.05, 0.1) is 16.1 Å². The van der Waals surface area contributed by atoms with Crippen LogP contribution in [0.2, 0.25) is 5.02 Å². The third-order valence-electron chi connectivity index (χ3n) is 3.86. The number of carbonyl (C=O) groups excluding carboxylic acids is 2. The van der Waals surface area contributed by atoms with Gasteiger partial charge in [0.1, 0.15) is 0 Å². The maximum absolute atomic E-state index is 12.6. The number of hydrogen-bond acceptors (Lipinski definition) is 4. The van der Waals surface area contributed by atoms with Crippen LogP contribution in [0.4, 0.5) is 11.4 Å². The lowest BCUT2D eigenvalue weighted by molar-refractivity contribution is -0.130. The molecule has 0 aromatic heterocycles. The average Bonchev–Trinajstić information content (AvgIpc) is 2.50. The standard InChI is InChI=1S/C15H20ClN3O3.ClH/c1-10(20)18-11-2-3-13(12(16)8-11)19-14(21)15(9-17)4-6-22-7-5-15;/h2-3,8H,4-7,9,17H2,1H3,(H,18,20)(H,19,21);1H. The fourth-order valence-electron chi connectivity index (χ4n) is 2.44. The van der Waals surface area contributed by atoms with E-state index in [4.69, 9.17) is 22.1 Å². The van der Waals surface area contributed by atoms with Crippen molar-refractivity contribution in [3.63, 3.8) is 0 Å². The number of carbonyl (C=O) groups is 2. The van der Waals surface area contributed by atoms with Crippen molar-refractivity contribution in [1.29, 1.82) is 0 Å². The predicted molar refractivity (Wildman–Crippen MR) is 93.2 cm³/mol. The number of amides is 2. The van der Waals surface area contributed by atoms with Gasteiger partial charge in [0.25, 0.3) is 0 Å². The molecule has 1 aliphatic rings. The molecule has 0 spiro atoms. The van der Waals surface area contributed by atoms with Crippen LogP contribution in [0.3, 0.4) is 0 Å². The van der Waals surface area contributed by atoms with E-state index >= 15 is 0 Å². The first kappa shape index (κ1) is 19.7. The van der Waals surface area contributed by atoms with E-state index < -0.39 is 5.41 Å². The average molecular weight is 362 g/mol. The summed E-state index contributed by atoms with van der Waals surface area (Å²) in [5.41, 5.74) is 6.28. The third-order valence-corrected chi connectivity index (χ3v) is 4.17. The van der Waals surface area contributed by atoms with Crippen LogP contribution in [0.15, 0.2) is 18.2 Å². The Bertz CT molecular complexity index is 575. The molecule has 0 aliphatic carbocycles. The largest absolute Gasteiger partial charge is 0.381 e. The second kappa shape index (κ2) is 8.49. The molecule has 0 radical (unpaired) electrons. The fraction of sp³-hybridized carbons (Fsp3) is 0.467. The lowest BCUT2D eigenvalue weighted by Crippen LogP contribution is -2.46. The smallest absolute Gasteiger partial charge is 0.232 e. The molecule has 2 rings (SSSR count). The molecule has 1 aliphatic heterocycles. The van der Waals surface area contributed by atoms with E-state index in [-0.39, 0.29) is 30.8 Å². The summed E-state index contributed by atoms with van der Waals surface area (Å²) in [6.07, 6.45) is 1.19. The Hall–Kier alpha value is -1.34. The van der Waals surface area contributed by atoms with Crippen LogP contribution in [0.25, 0.3) is 0 Å². The second-order valence-electron chi connectivity index (χ2n) is 5.43. The minimum atomic E-state index is -0.613. The van der Waals surface area contributed by atoms with Crippen molar-refractivity contribution in [3.8, 4) is 0 Å². The van der Waals surface area contributed by atoms with E-state index in [1.54, 1.807) is 18.2 Å². The maximum Gasteiger partial charge on any atom is 0.232 e. The Morgan fingerprint density at radius 1 is 1.30 bits per heavy atom. The number of nitrogens with one attached hydrogen (secondary N) is 2. The Kier molecular flexibility index (Phi) is 7.28. The molecule has 8 heteroatoms. The van der Waals surface area contributed by atoms with Crippen molar-refractivity contribution in [2.75, 3.05) is 30.4 Å². The molecule has 0 unspecified atom stereocenters. The molecule has 1 fully saturated rings. The highest BCUT2D eigenvalue weighted by molar-refractivity contribution is 6.34. The molecule has 2 amide bonds. The van der Waals surface area contributed by atoms with Crippen molar-refractivity contribution in [2.24, 2.45) is 11.1 Å². The summed E-state index contributed by atoms with van der Waals surface area (Å²) in [5, 5.41) is 5.83. The summed E-state index contributed by atoms with van der Waals surface area (Å²) in [5.74, 6) is -0.329. The topological polar surface area (TPSA) is 93.5 Å². The normalized spacial score (nSPS) is 16.1. The summed E-state index contributed by atoms with van der Waals surface area (Å²) in [4.78, 5) is 23.6. The van der Waals surface area contributed by atoms with Gasteiger partial charge in [-0.05, 0) is 31.0 Å². The van der Waals surface area contributed by atoms with Crippen molar-refractivity contribution >= 4 is 47.2 Å². The van der Waals surface area contributed by atoms with Crippen LogP contribution in [0.1, 0.15) is 19.8 Å². The van der Waals surface area contributed by atoms with Gasteiger partial charge in [0, 0.05) is 32.4 Å². The monoisotopic (exact) mass is 361 g/mol. The molecular weight excluding hydrogens is 341 g/mol. The van der Waals surface area contributed by atoms with Crippen molar-refractivity contribution < 1.29 is 14.3 Å². The van der Waals surface area contributed by atoms with Gasteiger partial charge in [-0.3, -0.25) is 9.59 Å². The molecule has 23 heavy (non-hydrogen) atoms. The predicted octanol–water partition coefficient (Wildman–Crippen LogP) is 2.41. The van der Waals surface area contributed by atoms with E-state index in [2.05, 4.69) is 10.6 Å². The zero-order chi connectivity index (χ0) is 16.2. The van der Waals surface area contributed by atoms with E-state index in [1.165, 1.54) is 6.92 Å². The molecule has 0 saturated carbocycles. The summed E-state index contributed by atoms with van der Waals surface area (Å²) in [6, 6.07) is 4.94. The first-order valence-corrected chi connectivity index (χ1v) is 7.51. The third kappa shape index (κ3) is 4.81. The van der Waals surface area contributed by atoms with Gasteiger partial charge in [-0.1, -0.05) is 11.6 Å². The molecule has 1 saturated heterocycles. The number of halogens is 2. The summed E-state index contributed by atoms with van der Waals surface area (Å²) in [6.45, 7) is 2.74. The lowest BCUT2D eigenvalue weighted by Gasteiger charge is -2.34. The molecule has 1 aromatic carbocycles. The number of benzene rings is 1. The van der Waals surface area contributed by atoms with Gasteiger partial charge < -0.3 is 21.1 Å². The highest BCUT2D eigenvalue weighted by atomic mass is 35.5. The molecule has 1 heterocycles. The number of ether oxygens (including phenoxy) is 1.